The number of hydrogen-bond acceptors (Lipinski definition) is 5. The van der Waals surface area contributed by atoms with E-state index < -0.39 is 11.9 Å². The van der Waals surface area contributed by atoms with E-state index >= 15 is 0 Å². The minimum atomic E-state index is -0.425. The van der Waals surface area contributed by atoms with Crippen molar-refractivity contribution in [2.45, 2.75) is 168 Å². The first kappa shape index (κ1) is 36.1. The normalized spacial score (nSPS) is 11.1. The number of rotatable bonds is 28. The molecule has 0 aliphatic rings. The van der Waals surface area contributed by atoms with Crippen LogP contribution in [-0.2, 0) is 9.47 Å². The minimum absolute atomic E-state index is 0.304. The second-order valence-corrected chi connectivity index (χ2v) is 11.5. The number of carbonyl (C=O) groups excluding carboxylic acids is 2. The van der Waals surface area contributed by atoms with Crippen molar-refractivity contribution >= 4 is 11.9 Å². The molecule has 0 saturated carbocycles. The quantitative estimate of drug-likeness (QED) is 0.0754. The van der Waals surface area contributed by atoms with Crippen molar-refractivity contribution in [2.24, 2.45) is 0 Å². The first-order valence-electron chi connectivity index (χ1n) is 17.0. The van der Waals surface area contributed by atoms with Crippen molar-refractivity contribution < 1.29 is 19.1 Å². The summed E-state index contributed by atoms with van der Waals surface area (Å²) in [6, 6.07) is 1.53. The molecule has 1 aromatic rings. The zero-order valence-electron chi connectivity index (χ0n) is 26.2. The average molecular weight is 560 g/mol. The molecule has 0 amide bonds. The van der Waals surface area contributed by atoms with Crippen LogP contribution in [0, 0.1) is 0 Å². The number of hydrogen-bond donors (Lipinski definition) is 0. The summed E-state index contributed by atoms with van der Waals surface area (Å²) in [5.74, 6) is -0.850. The number of aromatic nitrogens is 1. The molecule has 230 valence electrons. The molecule has 5 nitrogen and oxygen atoms in total. The Labute approximate surface area is 246 Å². The maximum atomic E-state index is 12.4. The van der Waals surface area contributed by atoms with Crippen molar-refractivity contribution in [2.75, 3.05) is 13.2 Å². The van der Waals surface area contributed by atoms with E-state index in [-0.39, 0.29) is 0 Å². The van der Waals surface area contributed by atoms with Crippen molar-refractivity contribution in [1.29, 1.82) is 0 Å². The average Bonchev–Trinajstić information content (AvgIpc) is 2.97. The lowest BCUT2D eigenvalue weighted by atomic mass is 10.1. The fraction of sp³-hybridized carbons (Fsp3) is 0.800. The molecule has 0 aliphatic carbocycles. The summed E-state index contributed by atoms with van der Waals surface area (Å²) in [6.07, 6.45) is 33.4. The van der Waals surface area contributed by atoms with Gasteiger partial charge in [0.25, 0.3) is 0 Å². The van der Waals surface area contributed by atoms with Gasteiger partial charge >= 0.3 is 11.9 Å². The van der Waals surface area contributed by atoms with E-state index in [1.54, 1.807) is 0 Å². The molecule has 0 saturated heterocycles. The lowest BCUT2D eigenvalue weighted by Gasteiger charge is -2.07. The van der Waals surface area contributed by atoms with Crippen molar-refractivity contribution in [3.05, 3.63) is 29.6 Å². The van der Waals surface area contributed by atoms with Crippen LogP contribution in [0.4, 0.5) is 0 Å². The summed E-state index contributed by atoms with van der Waals surface area (Å²) in [4.78, 5) is 28.8. The highest BCUT2D eigenvalue weighted by Gasteiger charge is 2.13. The molecular formula is C35H61NO4. The van der Waals surface area contributed by atoms with Gasteiger partial charge in [-0.25, -0.2) is 9.59 Å². The van der Waals surface area contributed by atoms with Gasteiger partial charge in [0.2, 0.25) is 0 Å². The Bertz CT molecular complexity index is 679. The highest BCUT2D eigenvalue weighted by Crippen LogP contribution is 2.14. The Morgan fingerprint density at radius 1 is 0.475 bits per heavy atom. The molecule has 1 rings (SSSR count). The molecule has 0 unspecified atom stereocenters. The van der Waals surface area contributed by atoms with Gasteiger partial charge in [-0.3, -0.25) is 4.98 Å². The summed E-state index contributed by atoms with van der Waals surface area (Å²) in [5.41, 5.74) is 0.609. The van der Waals surface area contributed by atoms with E-state index in [1.807, 2.05) is 0 Å². The Kier molecular flexibility index (Phi) is 24.6. The third-order valence-corrected chi connectivity index (χ3v) is 7.67. The topological polar surface area (TPSA) is 65.5 Å². The van der Waals surface area contributed by atoms with Crippen LogP contribution in [-0.4, -0.2) is 30.1 Å². The van der Waals surface area contributed by atoms with Gasteiger partial charge in [0.05, 0.1) is 24.3 Å². The van der Waals surface area contributed by atoms with E-state index in [0.29, 0.717) is 24.3 Å². The fourth-order valence-electron chi connectivity index (χ4n) is 5.05. The zero-order chi connectivity index (χ0) is 28.9. The van der Waals surface area contributed by atoms with Crippen LogP contribution in [0.15, 0.2) is 18.5 Å². The molecule has 0 radical (unpaired) electrons. The maximum absolute atomic E-state index is 12.4. The van der Waals surface area contributed by atoms with Gasteiger partial charge in [-0.2, -0.15) is 0 Å². The van der Waals surface area contributed by atoms with E-state index in [9.17, 15) is 9.59 Å². The van der Waals surface area contributed by atoms with E-state index in [4.69, 9.17) is 9.47 Å². The first-order valence-corrected chi connectivity index (χ1v) is 17.0. The monoisotopic (exact) mass is 559 g/mol. The molecule has 0 aliphatic heterocycles. The number of carbonyl (C=O) groups is 2. The molecule has 0 bridgehead atoms. The predicted molar refractivity (Wildman–Crippen MR) is 167 cm³/mol. The van der Waals surface area contributed by atoms with E-state index in [2.05, 4.69) is 18.8 Å². The number of ether oxygens (including phenoxy) is 2. The van der Waals surface area contributed by atoms with Gasteiger partial charge in [-0.15, -0.1) is 0 Å². The minimum Gasteiger partial charge on any atom is -0.462 e. The fourth-order valence-corrected chi connectivity index (χ4v) is 5.05. The number of pyridine rings is 1. The van der Waals surface area contributed by atoms with E-state index in [1.165, 1.54) is 147 Å². The first-order chi connectivity index (χ1) is 19.7. The molecule has 1 aromatic heterocycles. The predicted octanol–water partition coefficient (Wildman–Crippen LogP) is 10.8. The third kappa shape index (κ3) is 20.9. The van der Waals surface area contributed by atoms with E-state index in [0.717, 1.165) is 25.7 Å². The summed E-state index contributed by atoms with van der Waals surface area (Å²) < 4.78 is 10.8. The summed E-state index contributed by atoms with van der Waals surface area (Å²) in [6.45, 7) is 5.33. The molecule has 0 fully saturated rings. The number of unbranched alkanes of at least 4 members (excludes halogenated alkanes) is 22. The smallest absolute Gasteiger partial charge is 0.339 e. The summed E-state index contributed by atoms with van der Waals surface area (Å²) >= 11 is 0. The molecule has 1 heterocycles. The standard InChI is InChI=1S/C35H61NO4/c1-3-5-7-9-11-13-15-17-19-21-23-25-27-39-34(37)32-29-33(31-36-30-32)35(38)40-28-26-24-22-20-18-16-14-12-10-8-6-4-2/h29-31H,3-28H2,1-2H3. The van der Waals surface area contributed by atoms with Crippen LogP contribution >= 0.6 is 0 Å². The van der Waals surface area contributed by atoms with Crippen LogP contribution in [0.2, 0.25) is 0 Å². The largest absolute Gasteiger partial charge is 0.462 e. The molecule has 0 atom stereocenters. The highest BCUT2D eigenvalue weighted by atomic mass is 16.5. The van der Waals surface area contributed by atoms with Crippen LogP contribution < -0.4 is 0 Å². The molecule has 0 spiro atoms. The van der Waals surface area contributed by atoms with Crippen LogP contribution in [0.1, 0.15) is 189 Å². The molecule has 0 N–H and O–H groups in total. The second-order valence-electron chi connectivity index (χ2n) is 11.5. The summed E-state index contributed by atoms with van der Waals surface area (Å²) in [7, 11) is 0. The number of esters is 2. The number of nitrogens with zero attached hydrogens (tertiary/aromatic N) is 1. The van der Waals surface area contributed by atoms with Gasteiger partial charge < -0.3 is 9.47 Å². The van der Waals surface area contributed by atoms with Gasteiger partial charge in [-0.05, 0) is 18.9 Å². The second kappa shape index (κ2) is 27.3. The Balaban J connectivity index is 2.04. The zero-order valence-corrected chi connectivity index (χ0v) is 26.2. The van der Waals surface area contributed by atoms with Crippen molar-refractivity contribution in [3.63, 3.8) is 0 Å². The lowest BCUT2D eigenvalue weighted by molar-refractivity contribution is 0.0495. The maximum Gasteiger partial charge on any atom is 0.339 e. The third-order valence-electron chi connectivity index (χ3n) is 7.67. The molecule has 40 heavy (non-hydrogen) atoms. The SMILES string of the molecule is CCCCCCCCCCCCCCOC(=O)c1cncc(C(=O)OCCCCCCCCCCCCCC)c1. The van der Waals surface area contributed by atoms with Crippen LogP contribution in [0.25, 0.3) is 0 Å². The van der Waals surface area contributed by atoms with Gasteiger partial charge in [0.1, 0.15) is 0 Å². The Hall–Kier alpha value is -1.91. The highest BCUT2D eigenvalue weighted by molar-refractivity contribution is 5.94. The van der Waals surface area contributed by atoms with Gasteiger partial charge in [0, 0.05) is 12.4 Å². The van der Waals surface area contributed by atoms with Crippen LogP contribution in [0.3, 0.4) is 0 Å². The lowest BCUT2D eigenvalue weighted by Crippen LogP contribution is -2.11. The van der Waals surface area contributed by atoms with Gasteiger partial charge in [0.15, 0.2) is 0 Å². The van der Waals surface area contributed by atoms with Crippen molar-refractivity contribution in [1.82, 2.24) is 4.98 Å². The van der Waals surface area contributed by atoms with Crippen molar-refractivity contribution in [3.8, 4) is 0 Å². The molecule has 5 heteroatoms. The van der Waals surface area contributed by atoms with Gasteiger partial charge in [-0.1, -0.05) is 155 Å². The van der Waals surface area contributed by atoms with Crippen LogP contribution in [0.5, 0.6) is 0 Å². The summed E-state index contributed by atoms with van der Waals surface area (Å²) in [5, 5.41) is 0. The molecule has 0 aromatic carbocycles. The molecular weight excluding hydrogens is 498 g/mol. The Morgan fingerprint density at radius 3 is 1.05 bits per heavy atom. The Morgan fingerprint density at radius 2 is 0.750 bits per heavy atom.